The van der Waals surface area contributed by atoms with E-state index in [-0.39, 0.29) is 17.5 Å². The summed E-state index contributed by atoms with van der Waals surface area (Å²) in [4.78, 5) is 14.1. The second-order valence-electron chi connectivity index (χ2n) is 5.11. The van der Waals surface area contributed by atoms with Crippen LogP contribution in [0.4, 0.5) is 4.39 Å². The Kier molecular flexibility index (Phi) is 4.58. The summed E-state index contributed by atoms with van der Waals surface area (Å²) in [5.41, 5.74) is 6.03. The van der Waals surface area contributed by atoms with E-state index in [9.17, 15) is 9.18 Å². The Labute approximate surface area is 121 Å². The van der Waals surface area contributed by atoms with E-state index in [0.29, 0.717) is 23.5 Å². The number of nitrogens with two attached hydrogens (primary N) is 1. The molecule has 1 aromatic rings. The van der Waals surface area contributed by atoms with Crippen LogP contribution in [0.3, 0.4) is 0 Å². The second-order valence-corrected chi connectivity index (χ2v) is 5.97. The maximum absolute atomic E-state index is 13.9. The highest BCUT2D eigenvalue weighted by Crippen LogP contribution is 2.24. The molecule has 19 heavy (non-hydrogen) atoms. The molecule has 1 fully saturated rings. The first-order valence-electron chi connectivity index (χ1n) is 6.49. The van der Waals surface area contributed by atoms with Gasteiger partial charge in [-0.05, 0) is 53.7 Å². The van der Waals surface area contributed by atoms with Crippen LogP contribution < -0.4 is 5.73 Å². The van der Waals surface area contributed by atoms with Gasteiger partial charge in [0.25, 0.3) is 5.91 Å². The molecular formula is C14H18BrFN2O. The van der Waals surface area contributed by atoms with E-state index in [1.54, 1.807) is 17.0 Å². The number of nitrogens with zero attached hydrogens (tertiary/aromatic N) is 1. The van der Waals surface area contributed by atoms with E-state index >= 15 is 0 Å². The van der Waals surface area contributed by atoms with Crippen LogP contribution in [0.25, 0.3) is 0 Å². The van der Waals surface area contributed by atoms with Gasteiger partial charge in [-0.3, -0.25) is 4.79 Å². The molecule has 0 bridgehead atoms. The van der Waals surface area contributed by atoms with Gasteiger partial charge in [0.05, 0.1) is 10.0 Å². The molecular weight excluding hydrogens is 311 g/mol. The lowest BCUT2D eigenvalue weighted by atomic mass is 9.92. The van der Waals surface area contributed by atoms with E-state index in [1.807, 2.05) is 6.92 Å². The van der Waals surface area contributed by atoms with Crippen molar-refractivity contribution in [3.05, 3.63) is 34.1 Å². The first kappa shape index (κ1) is 14.5. The summed E-state index contributed by atoms with van der Waals surface area (Å²) in [6.07, 6.45) is 1.95. The second kappa shape index (κ2) is 6.01. The van der Waals surface area contributed by atoms with E-state index < -0.39 is 5.82 Å². The normalized spacial score (nSPS) is 21.3. The lowest BCUT2D eigenvalue weighted by Gasteiger charge is -2.34. The number of halogens is 2. The van der Waals surface area contributed by atoms with E-state index in [1.165, 1.54) is 6.07 Å². The van der Waals surface area contributed by atoms with Gasteiger partial charge in [-0.2, -0.15) is 0 Å². The monoisotopic (exact) mass is 328 g/mol. The molecule has 0 aromatic heterocycles. The first-order valence-corrected chi connectivity index (χ1v) is 7.29. The lowest BCUT2D eigenvalue weighted by molar-refractivity contribution is 0.0656. The average Bonchev–Trinajstić information content (AvgIpc) is 2.41. The number of carbonyl (C=O) groups excluding carboxylic acids is 1. The van der Waals surface area contributed by atoms with Crippen molar-refractivity contribution in [3.63, 3.8) is 0 Å². The van der Waals surface area contributed by atoms with Crippen molar-refractivity contribution >= 4 is 21.8 Å². The highest BCUT2D eigenvalue weighted by molar-refractivity contribution is 9.10. The third kappa shape index (κ3) is 3.15. The van der Waals surface area contributed by atoms with Crippen LogP contribution in [0, 0.1) is 11.7 Å². The zero-order valence-corrected chi connectivity index (χ0v) is 12.5. The minimum absolute atomic E-state index is 0.0583. The summed E-state index contributed by atoms with van der Waals surface area (Å²) in [5.74, 6) is -0.438. The highest BCUT2D eigenvalue weighted by Gasteiger charge is 2.28. The number of likely N-dealkylation sites (tertiary alicyclic amines) is 1. The molecule has 1 aromatic carbocycles. The fraction of sp³-hybridized carbons (Fsp3) is 0.500. The SMILES string of the molecule is CC(N)C1CCCN(C(=O)c2cccc(Br)c2F)C1. The average molecular weight is 329 g/mol. The highest BCUT2D eigenvalue weighted by atomic mass is 79.9. The third-order valence-corrected chi connectivity index (χ3v) is 4.28. The quantitative estimate of drug-likeness (QED) is 0.907. The van der Waals surface area contributed by atoms with Gasteiger partial charge in [0, 0.05) is 19.1 Å². The van der Waals surface area contributed by atoms with Gasteiger partial charge < -0.3 is 10.6 Å². The minimum Gasteiger partial charge on any atom is -0.338 e. The molecule has 1 aliphatic rings. The summed E-state index contributed by atoms with van der Waals surface area (Å²) in [5, 5.41) is 0. The molecule has 2 unspecified atom stereocenters. The Morgan fingerprint density at radius 3 is 3.00 bits per heavy atom. The van der Waals surface area contributed by atoms with Gasteiger partial charge in [-0.1, -0.05) is 6.07 Å². The molecule has 1 aliphatic heterocycles. The predicted molar refractivity (Wildman–Crippen MR) is 76.4 cm³/mol. The van der Waals surface area contributed by atoms with Crippen LogP contribution in [0.1, 0.15) is 30.1 Å². The lowest BCUT2D eigenvalue weighted by Crippen LogP contribution is -2.45. The largest absolute Gasteiger partial charge is 0.338 e. The third-order valence-electron chi connectivity index (χ3n) is 3.67. The van der Waals surface area contributed by atoms with Gasteiger partial charge >= 0.3 is 0 Å². The topological polar surface area (TPSA) is 46.3 Å². The molecule has 104 valence electrons. The van der Waals surface area contributed by atoms with Crippen molar-refractivity contribution in [2.75, 3.05) is 13.1 Å². The van der Waals surface area contributed by atoms with E-state index in [0.717, 1.165) is 12.8 Å². The summed E-state index contributed by atoms with van der Waals surface area (Å²) in [6.45, 7) is 3.24. The smallest absolute Gasteiger partial charge is 0.256 e. The van der Waals surface area contributed by atoms with Crippen molar-refractivity contribution in [1.29, 1.82) is 0 Å². The van der Waals surface area contributed by atoms with Gasteiger partial charge in [0.1, 0.15) is 5.82 Å². The zero-order valence-electron chi connectivity index (χ0n) is 10.9. The number of hydrogen-bond donors (Lipinski definition) is 1. The van der Waals surface area contributed by atoms with Crippen molar-refractivity contribution in [1.82, 2.24) is 4.90 Å². The van der Waals surface area contributed by atoms with Crippen LogP contribution in [0.5, 0.6) is 0 Å². The Morgan fingerprint density at radius 1 is 1.58 bits per heavy atom. The molecule has 2 atom stereocenters. The van der Waals surface area contributed by atoms with Crippen LogP contribution in [0.2, 0.25) is 0 Å². The molecule has 2 N–H and O–H groups in total. The number of carbonyl (C=O) groups is 1. The number of piperidine rings is 1. The maximum atomic E-state index is 13.9. The van der Waals surface area contributed by atoms with Crippen molar-refractivity contribution in [3.8, 4) is 0 Å². The molecule has 0 radical (unpaired) electrons. The molecule has 2 rings (SSSR count). The molecule has 5 heteroatoms. The van der Waals surface area contributed by atoms with Gasteiger partial charge in [0.2, 0.25) is 0 Å². The van der Waals surface area contributed by atoms with Crippen LogP contribution in [-0.4, -0.2) is 29.9 Å². The predicted octanol–water partition coefficient (Wildman–Crippen LogP) is 2.79. The Hall–Kier alpha value is -0.940. The van der Waals surface area contributed by atoms with Gasteiger partial charge in [-0.15, -0.1) is 0 Å². The number of hydrogen-bond acceptors (Lipinski definition) is 2. The van der Waals surface area contributed by atoms with E-state index in [2.05, 4.69) is 15.9 Å². The fourth-order valence-electron chi connectivity index (χ4n) is 2.46. The first-order chi connectivity index (χ1) is 9.00. The molecule has 3 nitrogen and oxygen atoms in total. The minimum atomic E-state index is -0.490. The van der Waals surface area contributed by atoms with Crippen molar-refractivity contribution in [2.24, 2.45) is 11.7 Å². The van der Waals surface area contributed by atoms with Gasteiger partial charge in [0.15, 0.2) is 0 Å². The van der Waals surface area contributed by atoms with E-state index in [4.69, 9.17) is 5.73 Å². The van der Waals surface area contributed by atoms with Gasteiger partial charge in [-0.25, -0.2) is 4.39 Å². The molecule has 1 saturated heterocycles. The Bertz CT molecular complexity index is 479. The Morgan fingerprint density at radius 2 is 2.32 bits per heavy atom. The number of rotatable bonds is 2. The number of amides is 1. The van der Waals surface area contributed by atoms with Crippen LogP contribution >= 0.6 is 15.9 Å². The summed E-state index contributed by atoms with van der Waals surface area (Å²) >= 11 is 3.11. The molecule has 0 spiro atoms. The summed E-state index contributed by atoms with van der Waals surface area (Å²) in [6, 6.07) is 4.85. The Balaban J connectivity index is 2.17. The fourth-order valence-corrected chi connectivity index (χ4v) is 2.83. The van der Waals surface area contributed by atoms with Crippen LogP contribution in [0.15, 0.2) is 22.7 Å². The standard InChI is InChI=1S/C14H18BrFN2O/c1-9(17)10-4-3-7-18(8-10)14(19)11-5-2-6-12(15)13(11)16/h2,5-6,9-10H,3-4,7-8,17H2,1H3. The molecule has 0 aliphatic carbocycles. The zero-order chi connectivity index (χ0) is 14.0. The molecule has 0 saturated carbocycles. The van der Waals surface area contributed by atoms with Crippen molar-refractivity contribution in [2.45, 2.75) is 25.8 Å². The molecule has 1 heterocycles. The summed E-state index contributed by atoms with van der Waals surface area (Å²) in [7, 11) is 0. The van der Waals surface area contributed by atoms with Crippen molar-refractivity contribution < 1.29 is 9.18 Å². The number of benzene rings is 1. The summed E-state index contributed by atoms with van der Waals surface area (Å²) < 4.78 is 14.3. The molecule has 1 amide bonds. The maximum Gasteiger partial charge on any atom is 0.256 e. The van der Waals surface area contributed by atoms with Crippen LogP contribution in [-0.2, 0) is 0 Å².